The van der Waals surface area contributed by atoms with Gasteiger partial charge in [0.15, 0.2) is 0 Å². The number of piperazine rings is 1. The SMILES string of the molecule is O=C(NO)C1C[C@@H]([C@@H]2CCN(C(=O)O)C2)CC[C@@H]1C(=O)N1CCN(c2ccccc2)CC1. The number of carboxylic acid groups (broad SMARTS) is 1. The number of hydroxylamine groups is 1. The van der Waals surface area contributed by atoms with Gasteiger partial charge in [0.05, 0.1) is 5.92 Å². The topological polar surface area (TPSA) is 113 Å². The van der Waals surface area contributed by atoms with Crippen molar-refractivity contribution in [2.75, 3.05) is 44.2 Å². The molecular formula is C23H32N4O5. The second kappa shape index (κ2) is 9.77. The number of amides is 3. The Hall–Kier alpha value is -2.81. The van der Waals surface area contributed by atoms with E-state index in [1.54, 1.807) is 5.48 Å². The summed E-state index contributed by atoms with van der Waals surface area (Å²) in [6, 6.07) is 10.1. The Morgan fingerprint density at radius 3 is 2.19 bits per heavy atom. The molecule has 3 amide bonds. The molecule has 1 aromatic carbocycles. The van der Waals surface area contributed by atoms with Gasteiger partial charge in [-0.2, -0.15) is 0 Å². The van der Waals surface area contributed by atoms with E-state index >= 15 is 0 Å². The monoisotopic (exact) mass is 444 g/mol. The third kappa shape index (κ3) is 4.67. The highest BCUT2D eigenvalue weighted by molar-refractivity contribution is 5.87. The van der Waals surface area contributed by atoms with Crippen molar-refractivity contribution in [2.45, 2.75) is 25.7 Å². The van der Waals surface area contributed by atoms with E-state index in [-0.39, 0.29) is 17.7 Å². The lowest BCUT2D eigenvalue weighted by Crippen LogP contribution is -2.53. The predicted molar refractivity (Wildman–Crippen MR) is 117 cm³/mol. The first-order chi connectivity index (χ1) is 15.5. The van der Waals surface area contributed by atoms with E-state index in [9.17, 15) is 24.7 Å². The van der Waals surface area contributed by atoms with E-state index in [1.807, 2.05) is 23.1 Å². The van der Waals surface area contributed by atoms with Gasteiger partial charge in [0, 0.05) is 50.9 Å². The van der Waals surface area contributed by atoms with E-state index in [0.29, 0.717) is 39.0 Å². The van der Waals surface area contributed by atoms with Crippen LogP contribution in [-0.4, -0.2) is 77.3 Å². The van der Waals surface area contributed by atoms with Crippen LogP contribution in [0.2, 0.25) is 0 Å². The second-order valence-corrected chi connectivity index (χ2v) is 9.19. The lowest BCUT2D eigenvalue weighted by atomic mass is 9.69. The number of carbonyl (C=O) groups is 3. The fourth-order valence-electron chi connectivity index (χ4n) is 5.70. The summed E-state index contributed by atoms with van der Waals surface area (Å²) >= 11 is 0. The molecule has 1 aromatic rings. The van der Waals surface area contributed by atoms with Gasteiger partial charge in [-0.1, -0.05) is 18.2 Å². The molecule has 0 aromatic heterocycles. The maximum atomic E-state index is 13.4. The van der Waals surface area contributed by atoms with Crippen LogP contribution in [0.1, 0.15) is 25.7 Å². The number of hydrogen-bond acceptors (Lipinski definition) is 5. The summed E-state index contributed by atoms with van der Waals surface area (Å²) in [4.78, 5) is 42.6. The fraction of sp³-hybridized carbons (Fsp3) is 0.609. The van der Waals surface area contributed by atoms with Crippen molar-refractivity contribution < 1.29 is 24.7 Å². The highest BCUT2D eigenvalue weighted by atomic mass is 16.5. The van der Waals surface area contributed by atoms with E-state index in [0.717, 1.165) is 31.6 Å². The number of carbonyl (C=O) groups excluding carboxylic acids is 2. The van der Waals surface area contributed by atoms with E-state index in [4.69, 9.17) is 0 Å². The van der Waals surface area contributed by atoms with Crippen LogP contribution in [0.3, 0.4) is 0 Å². The molecule has 32 heavy (non-hydrogen) atoms. The van der Waals surface area contributed by atoms with Crippen molar-refractivity contribution in [2.24, 2.45) is 23.7 Å². The molecule has 3 N–H and O–H groups in total. The van der Waals surface area contributed by atoms with Gasteiger partial charge in [-0.15, -0.1) is 0 Å². The Kier molecular flexibility index (Phi) is 6.83. The van der Waals surface area contributed by atoms with Gasteiger partial charge in [-0.3, -0.25) is 14.8 Å². The Labute approximate surface area is 187 Å². The zero-order valence-corrected chi connectivity index (χ0v) is 18.2. The largest absolute Gasteiger partial charge is 0.465 e. The van der Waals surface area contributed by atoms with Crippen molar-refractivity contribution in [3.63, 3.8) is 0 Å². The normalized spacial score (nSPS) is 28.5. The Balaban J connectivity index is 1.38. The van der Waals surface area contributed by atoms with Gasteiger partial charge >= 0.3 is 6.09 Å². The number of anilines is 1. The van der Waals surface area contributed by atoms with Gasteiger partial charge in [0.25, 0.3) is 0 Å². The Bertz CT molecular complexity index is 827. The van der Waals surface area contributed by atoms with Gasteiger partial charge in [0.1, 0.15) is 0 Å². The van der Waals surface area contributed by atoms with Crippen molar-refractivity contribution in [3.8, 4) is 0 Å². The molecule has 1 aliphatic carbocycles. The number of nitrogens with one attached hydrogen (secondary N) is 1. The minimum absolute atomic E-state index is 0.0108. The van der Waals surface area contributed by atoms with Crippen molar-refractivity contribution in [3.05, 3.63) is 30.3 Å². The van der Waals surface area contributed by atoms with Crippen LogP contribution in [-0.2, 0) is 9.59 Å². The first-order valence-corrected chi connectivity index (χ1v) is 11.5. The zero-order valence-electron chi connectivity index (χ0n) is 18.2. The molecule has 2 aliphatic heterocycles. The molecular weight excluding hydrogens is 412 g/mol. The lowest BCUT2D eigenvalue weighted by molar-refractivity contribution is -0.148. The van der Waals surface area contributed by atoms with Crippen LogP contribution in [0, 0.1) is 23.7 Å². The molecule has 174 valence electrons. The standard InChI is InChI=1S/C23H32N4O5/c28-21(24-32)20-14-16(17-8-9-27(15-17)23(30)31)6-7-19(20)22(29)26-12-10-25(11-13-26)18-4-2-1-3-5-18/h1-5,16-17,19-20,32H,6-15H2,(H,24,28)(H,30,31)/t16-,17+,19-,20?/m0/s1. The molecule has 0 spiro atoms. The zero-order chi connectivity index (χ0) is 22.7. The molecule has 3 fully saturated rings. The molecule has 4 atom stereocenters. The summed E-state index contributed by atoms with van der Waals surface area (Å²) in [5.41, 5.74) is 2.91. The van der Waals surface area contributed by atoms with Crippen LogP contribution < -0.4 is 10.4 Å². The highest BCUT2D eigenvalue weighted by Gasteiger charge is 2.44. The molecule has 0 bridgehead atoms. The third-order valence-corrected chi connectivity index (χ3v) is 7.53. The van der Waals surface area contributed by atoms with Crippen LogP contribution in [0.5, 0.6) is 0 Å². The molecule has 1 unspecified atom stereocenters. The summed E-state index contributed by atoms with van der Waals surface area (Å²) in [5, 5.41) is 18.5. The summed E-state index contributed by atoms with van der Waals surface area (Å²) < 4.78 is 0. The average molecular weight is 445 g/mol. The molecule has 9 heteroatoms. The quantitative estimate of drug-likeness (QED) is 0.483. The number of rotatable bonds is 4. The molecule has 3 aliphatic rings. The van der Waals surface area contributed by atoms with E-state index < -0.39 is 23.8 Å². The molecule has 0 radical (unpaired) electrons. The van der Waals surface area contributed by atoms with Gasteiger partial charge in [-0.05, 0) is 49.7 Å². The highest BCUT2D eigenvalue weighted by Crippen LogP contribution is 2.41. The minimum atomic E-state index is -0.907. The summed E-state index contributed by atoms with van der Waals surface area (Å²) in [7, 11) is 0. The van der Waals surface area contributed by atoms with Crippen LogP contribution in [0.25, 0.3) is 0 Å². The number of para-hydroxylation sites is 1. The molecule has 1 saturated carbocycles. The first-order valence-electron chi connectivity index (χ1n) is 11.5. The van der Waals surface area contributed by atoms with Crippen LogP contribution in [0.15, 0.2) is 30.3 Å². The summed E-state index contributed by atoms with van der Waals surface area (Å²) in [5.74, 6) is -1.17. The Morgan fingerprint density at radius 2 is 1.56 bits per heavy atom. The maximum Gasteiger partial charge on any atom is 0.407 e. The van der Waals surface area contributed by atoms with Crippen molar-refractivity contribution in [1.82, 2.24) is 15.3 Å². The smallest absolute Gasteiger partial charge is 0.407 e. The summed E-state index contributed by atoms with van der Waals surface area (Å²) in [6.45, 7) is 3.70. The Morgan fingerprint density at radius 1 is 0.844 bits per heavy atom. The maximum absolute atomic E-state index is 13.4. The average Bonchev–Trinajstić information content (AvgIpc) is 3.34. The predicted octanol–water partition coefficient (Wildman–Crippen LogP) is 1.87. The molecule has 2 heterocycles. The number of benzene rings is 1. The molecule has 2 saturated heterocycles. The van der Waals surface area contributed by atoms with E-state index in [1.165, 1.54) is 4.90 Å². The van der Waals surface area contributed by atoms with Crippen LogP contribution in [0.4, 0.5) is 10.5 Å². The fourth-order valence-corrected chi connectivity index (χ4v) is 5.70. The number of likely N-dealkylation sites (tertiary alicyclic amines) is 1. The van der Waals surface area contributed by atoms with Gasteiger partial charge < -0.3 is 19.8 Å². The van der Waals surface area contributed by atoms with Crippen LogP contribution >= 0.6 is 0 Å². The molecule has 9 nitrogen and oxygen atoms in total. The van der Waals surface area contributed by atoms with E-state index in [2.05, 4.69) is 17.0 Å². The minimum Gasteiger partial charge on any atom is -0.465 e. The summed E-state index contributed by atoms with van der Waals surface area (Å²) in [6.07, 6.45) is 1.77. The number of hydrogen-bond donors (Lipinski definition) is 3. The van der Waals surface area contributed by atoms with Gasteiger partial charge in [0.2, 0.25) is 11.8 Å². The van der Waals surface area contributed by atoms with Crippen molar-refractivity contribution >= 4 is 23.6 Å². The van der Waals surface area contributed by atoms with Crippen molar-refractivity contribution in [1.29, 1.82) is 0 Å². The third-order valence-electron chi connectivity index (χ3n) is 7.53. The molecule has 4 rings (SSSR count). The second-order valence-electron chi connectivity index (χ2n) is 9.19. The lowest BCUT2D eigenvalue weighted by Gasteiger charge is -2.41. The van der Waals surface area contributed by atoms with Gasteiger partial charge in [-0.25, -0.2) is 10.3 Å². The first kappa shape index (κ1) is 22.4. The number of nitrogens with zero attached hydrogens (tertiary/aromatic N) is 3.